The van der Waals surface area contributed by atoms with Crippen LogP contribution in [0.1, 0.15) is 20.8 Å². The molecule has 98 valence electrons. The van der Waals surface area contributed by atoms with Crippen molar-refractivity contribution in [1.29, 1.82) is 0 Å². The molecule has 0 N–H and O–H groups in total. The summed E-state index contributed by atoms with van der Waals surface area (Å²) in [6, 6.07) is 0. The molecule has 0 atom stereocenters. The highest BCUT2D eigenvalue weighted by Crippen LogP contribution is 2.22. The van der Waals surface area contributed by atoms with E-state index in [1.54, 1.807) is 0 Å². The zero-order valence-corrected chi connectivity index (χ0v) is 12.1. The Bertz CT molecular complexity index is 428. The van der Waals surface area contributed by atoms with E-state index < -0.39 is 37.3 Å². The Balaban J connectivity index is 4.87. The van der Waals surface area contributed by atoms with Crippen molar-refractivity contribution in [3.8, 4) is 0 Å². The van der Waals surface area contributed by atoms with Gasteiger partial charge < -0.3 is 0 Å². The molecule has 0 unspecified atom stereocenters. The molecular formula is C6H13Cl2NO5S2. The second kappa shape index (κ2) is 5.36. The first kappa shape index (κ1) is 16.4. The van der Waals surface area contributed by atoms with Gasteiger partial charge in [-0.05, 0) is 44.3 Å². The van der Waals surface area contributed by atoms with Gasteiger partial charge >= 0.3 is 0 Å². The molecule has 16 heavy (non-hydrogen) atoms. The average molecular weight is 314 g/mol. The number of hydrogen-bond donors (Lipinski definition) is 0. The molecule has 0 saturated carbocycles. The summed E-state index contributed by atoms with van der Waals surface area (Å²) in [4.78, 5) is 0. The average Bonchev–Trinajstić information content (AvgIpc) is 1.99. The lowest BCUT2D eigenvalue weighted by Crippen LogP contribution is -2.40. The predicted molar refractivity (Wildman–Crippen MR) is 62.0 cm³/mol. The summed E-state index contributed by atoms with van der Waals surface area (Å²) >= 11 is 10.8. The largest absolute Gasteiger partial charge is 0.283 e. The van der Waals surface area contributed by atoms with E-state index in [-0.39, 0.29) is 0 Å². The lowest BCUT2D eigenvalue weighted by atomic mass is 10.1. The number of halogens is 2. The van der Waals surface area contributed by atoms with Crippen LogP contribution in [0.3, 0.4) is 0 Å². The highest BCUT2D eigenvalue weighted by atomic mass is 35.5. The Labute approximate surface area is 106 Å². The van der Waals surface area contributed by atoms with Crippen molar-refractivity contribution in [2.24, 2.45) is 0 Å². The maximum Gasteiger partial charge on any atom is 0.283 e. The Morgan fingerprint density at radius 1 is 1.12 bits per heavy atom. The van der Waals surface area contributed by atoms with Crippen molar-refractivity contribution in [3.63, 3.8) is 0 Å². The highest BCUT2D eigenvalue weighted by Gasteiger charge is 2.34. The molecule has 0 rings (SSSR count). The standard InChI is InChI=1S/C6H13Cl2NO5S2/c1-4-15(10,11)14-16(12,13)5-6(2,3)9(7)8/h4-5H2,1-3H3. The monoisotopic (exact) mass is 313 g/mol. The summed E-state index contributed by atoms with van der Waals surface area (Å²) < 4.78 is 49.4. The van der Waals surface area contributed by atoms with Gasteiger partial charge in [0.25, 0.3) is 20.2 Å². The molecule has 0 aliphatic heterocycles. The van der Waals surface area contributed by atoms with Crippen molar-refractivity contribution in [1.82, 2.24) is 3.94 Å². The predicted octanol–water partition coefficient (Wildman–Crippen LogP) is 1.07. The SMILES string of the molecule is CCS(=O)(=O)OS(=O)(=O)CC(C)(C)N(Cl)Cl. The number of hydrogen-bond acceptors (Lipinski definition) is 6. The molecule has 0 amide bonds. The van der Waals surface area contributed by atoms with Gasteiger partial charge in [-0.1, -0.05) is 0 Å². The molecule has 0 saturated heterocycles. The van der Waals surface area contributed by atoms with Crippen LogP contribution in [0.25, 0.3) is 0 Å². The van der Waals surface area contributed by atoms with Crippen LogP contribution < -0.4 is 0 Å². The number of rotatable bonds is 6. The Morgan fingerprint density at radius 3 is 1.88 bits per heavy atom. The van der Waals surface area contributed by atoms with Gasteiger partial charge in [0.1, 0.15) is 0 Å². The van der Waals surface area contributed by atoms with Crippen molar-refractivity contribution >= 4 is 43.8 Å². The van der Waals surface area contributed by atoms with Gasteiger partial charge in [-0.15, -0.1) is 7.57 Å². The van der Waals surface area contributed by atoms with Crippen LogP contribution in [0, 0.1) is 0 Å². The third-order valence-corrected chi connectivity index (χ3v) is 5.89. The van der Waals surface area contributed by atoms with E-state index in [1.807, 2.05) is 0 Å². The minimum absolute atomic E-state index is 0.432. The lowest BCUT2D eigenvalue weighted by Gasteiger charge is -2.26. The van der Waals surface area contributed by atoms with Gasteiger partial charge in [0.05, 0.1) is 17.0 Å². The second-order valence-electron chi connectivity index (χ2n) is 3.66. The molecule has 10 heteroatoms. The fraction of sp³-hybridized carbons (Fsp3) is 1.00. The third kappa shape index (κ3) is 5.65. The fourth-order valence-electron chi connectivity index (χ4n) is 0.712. The summed E-state index contributed by atoms with van der Waals surface area (Å²) in [6.07, 6.45) is 0. The molecule has 0 aromatic rings. The van der Waals surface area contributed by atoms with Crippen molar-refractivity contribution in [2.45, 2.75) is 26.3 Å². The molecule has 0 spiro atoms. The molecule has 6 nitrogen and oxygen atoms in total. The third-order valence-electron chi connectivity index (χ3n) is 1.55. The molecule has 0 radical (unpaired) electrons. The smallest absolute Gasteiger partial charge is 0.198 e. The molecule has 0 aromatic heterocycles. The quantitative estimate of drug-likeness (QED) is 0.682. The molecule has 0 aliphatic carbocycles. The fourth-order valence-corrected chi connectivity index (χ4v) is 3.81. The minimum Gasteiger partial charge on any atom is -0.198 e. The van der Waals surface area contributed by atoms with E-state index in [0.29, 0.717) is 3.94 Å². The van der Waals surface area contributed by atoms with Crippen LogP contribution in [0.15, 0.2) is 0 Å². The van der Waals surface area contributed by atoms with E-state index in [0.717, 1.165) is 0 Å². The van der Waals surface area contributed by atoms with Crippen LogP contribution in [0.2, 0.25) is 0 Å². The molecule has 0 heterocycles. The van der Waals surface area contributed by atoms with Gasteiger partial charge in [0.2, 0.25) is 0 Å². The minimum atomic E-state index is -4.25. The normalized spacial score (nSPS) is 14.4. The summed E-state index contributed by atoms with van der Waals surface area (Å²) in [5, 5.41) is 0. The lowest BCUT2D eigenvalue weighted by molar-refractivity contribution is 0.375. The molecule has 0 fully saturated rings. The van der Waals surface area contributed by atoms with Crippen molar-refractivity contribution in [3.05, 3.63) is 0 Å². The second-order valence-corrected chi connectivity index (χ2v) is 8.15. The first-order valence-electron chi connectivity index (χ1n) is 4.20. The first-order valence-corrected chi connectivity index (χ1v) is 8.03. The topological polar surface area (TPSA) is 80.8 Å². The Kier molecular flexibility index (Phi) is 5.50. The van der Waals surface area contributed by atoms with E-state index >= 15 is 0 Å². The van der Waals surface area contributed by atoms with Gasteiger partial charge in [0, 0.05) is 0 Å². The zero-order chi connectivity index (χ0) is 13.2. The van der Waals surface area contributed by atoms with Crippen LogP contribution >= 0.6 is 23.6 Å². The maximum absolute atomic E-state index is 11.4. The van der Waals surface area contributed by atoms with Gasteiger partial charge in [-0.25, -0.2) is 0 Å². The van der Waals surface area contributed by atoms with Crippen LogP contribution in [0.5, 0.6) is 0 Å². The molecule has 0 aliphatic rings. The highest BCUT2D eigenvalue weighted by molar-refractivity contribution is 7.99. The van der Waals surface area contributed by atoms with Gasteiger partial charge in [-0.2, -0.15) is 16.8 Å². The Hall–Kier alpha value is 0.400. The first-order chi connectivity index (χ1) is 6.92. The molecule has 0 bridgehead atoms. The van der Waals surface area contributed by atoms with Crippen LogP contribution in [-0.2, 0) is 23.9 Å². The summed E-state index contributed by atoms with van der Waals surface area (Å²) in [5.74, 6) is -1.08. The van der Waals surface area contributed by atoms with E-state index in [9.17, 15) is 16.8 Å². The molecule has 0 aromatic carbocycles. The molecular weight excluding hydrogens is 301 g/mol. The maximum atomic E-state index is 11.4. The van der Waals surface area contributed by atoms with Gasteiger partial charge in [0.15, 0.2) is 0 Å². The number of nitrogens with zero attached hydrogens (tertiary/aromatic N) is 1. The Morgan fingerprint density at radius 2 is 1.56 bits per heavy atom. The summed E-state index contributed by atoms with van der Waals surface area (Å²) in [5.41, 5.74) is -1.16. The van der Waals surface area contributed by atoms with Crippen LogP contribution in [-0.4, -0.2) is 37.8 Å². The van der Waals surface area contributed by atoms with E-state index in [4.69, 9.17) is 23.6 Å². The van der Waals surface area contributed by atoms with Crippen molar-refractivity contribution < 1.29 is 20.5 Å². The van der Waals surface area contributed by atoms with E-state index in [2.05, 4.69) is 3.63 Å². The summed E-state index contributed by atoms with van der Waals surface area (Å²) in [6.45, 7) is 4.12. The summed E-state index contributed by atoms with van der Waals surface area (Å²) in [7, 11) is -8.32. The van der Waals surface area contributed by atoms with E-state index in [1.165, 1.54) is 20.8 Å². The zero-order valence-electron chi connectivity index (χ0n) is 8.98. The van der Waals surface area contributed by atoms with Crippen molar-refractivity contribution in [2.75, 3.05) is 11.5 Å². The van der Waals surface area contributed by atoms with Crippen LogP contribution in [0.4, 0.5) is 0 Å². The van der Waals surface area contributed by atoms with Gasteiger partial charge in [-0.3, -0.25) is 0 Å².